The van der Waals surface area contributed by atoms with Crippen LogP contribution in [0.5, 0.6) is 11.5 Å². The van der Waals surface area contributed by atoms with Crippen molar-refractivity contribution in [2.45, 2.75) is 33.4 Å². The molecule has 1 aliphatic heterocycles. The van der Waals surface area contributed by atoms with Crippen molar-refractivity contribution in [1.82, 2.24) is 19.9 Å². The van der Waals surface area contributed by atoms with Crippen molar-refractivity contribution in [2.24, 2.45) is 0 Å². The third-order valence-corrected chi connectivity index (χ3v) is 6.46. The molecule has 1 aromatic carbocycles. The number of carbonyl (C=O) groups excluding carboxylic acids is 1. The van der Waals surface area contributed by atoms with Crippen LogP contribution in [0.25, 0.3) is 21.6 Å². The maximum absolute atomic E-state index is 12.9. The van der Waals surface area contributed by atoms with E-state index in [0.717, 1.165) is 38.6 Å². The van der Waals surface area contributed by atoms with Gasteiger partial charge >= 0.3 is 0 Å². The molecule has 0 bridgehead atoms. The van der Waals surface area contributed by atoms with Crippen LogP contribution in [-0.4, -0.2) is 27.2 Å². The Morgan fingerprint density at radius 3 is 2.94 bits per heavy atom. The summed E-state index contributed by atoms with van der Waals surface area (Å²) in [5.41, 5.74) is 3.59. The summed E-state index contributed by atoms with van der Waals surface area (Å²) in [4.78, 5) is 22.7. The zero-order valence-electron chi connectivity index (χ0n) is 17.5. The van der Waals surface area contributed by atoms with Crippen molar-refractivity contribution in [1.29, 1.82) is 0 Å². The van der Waals surface area contributed by atoms with Crippen LogP contribution in [-0.2, 0) is 6.54 Å². The number of rotatable bonds is 5. The van der Waals surface area contributed by atoms with Crippen molar-refractivity contribution in [3.63, 3.8) is 0 Å². The Bertz CT molecular complexity index is 1290. The number of pyridine rings is 1. The van der Waals surface area contributed by atoms with Crippen LogP contribution in [0.1, 0.15) is 40.8 Å². The van der Waals surface area contributed by atoms with Gasteiger partial charge < -0.3 is 19.4 Å². The molecule has 8 heteroatoms. The molecule has 0 atom stereocenters. The summed E-state index contributed by atoms with van der Waals surface area (Å²) >= 11 is 1.41. The highest BCUT2D eigenvalue weighted by molar-refractivity contribution is 7.17. The topological polar surface area (TPSA) is 78.3 Å². The van der Waals surface area contributed by atoms with Crippen LogP contribution in [0.15, 0.2) is 42.7 Å². The van der Waals surface area contributed by atoms with Gasteiger partial charge in [-0.2, -0.15) is 0 Å². The lowest BCUT2D eigenvalue weighted by molar-refractivity contribution is 0.0954. The first-order valence-electron chi connectivity index (χ1n) is 10.1. The number of hydrogen-bond acceptors (Lipinski definition) is 6. The highest BCUT2D eigenvalue weighted by Crippen LogP contribution is 2.35. The molecule has 4 heterocycles. The summed E-state index contributed by atoms with van der Waals surface area (Å²) in [6.07, 6.45) is 3.88. The molecule has 5 rings (SSSR count). The van der Waals surface area contributed by atoms with Gasteiger partial charge in [0.1, 0.15) is 15.5 Å². The van der Waals surface area contributed by atoms with Crippen LogP contribution < -0.4 is 14.8 Å². The zero-order chi connectivity index (χ0) is 21.5. The largest absolute Gasteiger partial charge is 0.454 e. The number of benzene rings is 1. The highest BCUT2D eigenvalue weighted by atomic mass is 32.1. The van der Waals surface area contributed by atoms with Crippen LogP contribution in [0, 0.1) is 6.92 Å². The number of aryl methyl sites for hydroxylation is 1. The normalized spacial score (nSPS) is 12.6. The van der Waals surface area contributed by atoms with Gasteiger partial charge in [0.15, 0.2) is 11.5 Å². The molecule has 0 radical (unpaired) electrons. The van der Waals surface area contributed by atoms with Gasteiger partial charge in [0.05, 0.1) is 5.69 Å². The van der Waals surface area contributed by atoms with Gasteiger partial charge in [-0.3, -0.25) is 4.79 Å². The fourth-order valence-electron chi connectivity index (χ4n) is 3.68. The van der Waals surface area contributed by atoms with E-state index in [4.69, 9.17) is 14.5 Å². The lowest BCUT2D eigenvalue weighted by atomic mass is 10.2. The first kappa shape index (κ1) is 19.6. The monoisotopic (exact) mass is 434 g/mol. The number of nitrogens with one attached hydrogen (secondary N) is 1. The Morgan fingerprint density at radius 2 is 2.10 bits per heavy atom. The molecule has 158 valence electrons. The van der Waals surface area contributed by atoms with Crippen LogP contribution in [0.3, 0.4) is 0 Å². The van der Waals surface area contributed by atoms with Gasteiger partial charge in [0.25, 0.3) is 5.91 Å². The molecule has 3 aromatic heterocycles. The molecule has 4 aromatic rings. The number of hydrogen-bond donors (Lipinski definition) is 1. The molecule has 31 heavy (non-hydrogen) atoms. The lowest BCUT2D eigenvalue weighted by Gasteiger charge is -2.07. The molecule has 1 N–H and O–H groups in total. The SMILES string of the molecule is Cc1nc(-c2cn(C(C)C)c3ncccc23)sc1C(=O)NCc1ccc2c(c1)OCO2. The Morgan fingerprint density at radius 1 is 1.26 bits per heavy atom. The average Bonchev–Trinajstić information content (AvgIpc) is 3.47. The predicted octanol–water partition coefficient (Wildman–Crippen LogP) is 4.71. The summed E-state index contributed by atoms with van der Waals surface area (Å²) < 4.78 is 12.9. The van der Waals surface area contributed by atoms with E-state index in [-0.39, 0.29) is 18.7 Å². The fourth-order valence-corrected chi connectivity index (χ4v) is 4.69. The van der Waals surface area contributed by atoms with Crippen molar-refractivity contribution >= 4 is 28.3 Å². The second-order valence-electron chi connectivity index (χ2n) is 7.72. The number of amides is 1. The summed E-state index contributed by atoms with van der Waals surface area (Å²) in [6, 6.07) is 9.92. The first-order valence-corrected chi connectivity index (χ1v) is 10.9. The molecule has 0 unspecified atom stereocenters. The molecule has 7 nitrogen and oxygen atoms in total. The number of fused-ring (bicyclic) bond motifs is 2. The second-order valence-corrected chi connectivity index (χ2v) is 8.72. The highest BCUT2D eigenvalue weighted by Gasteiger charge is 2.20. The van der Waals surface area contributed by atoms with Gasteiger partial charge in [-0.05, 0) is 50.6 Å². The summed E-state index contributed by atoms with van der Waals surface area (Å²) in [7, 11) is 0. The van der Waals surface area contributed by atoms with Crippen molar-refractivity contribution in [2.75, 3.05) is 6.79 Å². The number of thiazole rings is 1. The Balaban J connectivity index is 1.40. The minimum absolute atomic E-state index is 0.135. The quantitative estimate of drug-likeness (QED) is 0.492. The Kier molecular flexibility index (Phi) is 4.86. The van der Waals surface area contributed by atoms with E-state index >= 15 is 0 Å². The van der Waals surface area contributed by atoms with Gasteiger partial charge in [-0.1, -0.05) is 6.07 Å². The third kappa shape index (κ3) is 3.53. The minimum atomic E-state index is -0.135. The standard InChI is InChI=1S/C23H22N4O3S/c1-13(2)27-11-17(16-5-4-8-24-21(16)27)23-26-14(3)20(31-23)22(28)25-10-15-6-7-18-19(9-15)30-12-29-18/h4-9,11,13H,10,12H2,1-3H3,(H,25,28). The third-order valence-electron chi connectivity index (χ3n) is 5.27. The predicted molar refractivity (Wildman–Crippen MR) is 120 cm³/mol. The van der Waals surface area contributed by atoms with Gasteiger partial charge in [0.2, 0.25) is 6.79 Å². The summed E-state index contributed by atoms with van der Waals surface area (Å²) in [5, 5.41) is 4.85. The van der Waals surface area contributed by atoms with E-state index in [2.05, 4.69) is 34.9 Å². The number of ether oxygens (including phenoxy) is 2. The van der Waals surface area contributed by atoms with E-state index in [0.29, 0.717) is 17.2 Å². The summed E-state index contributed by atoms with van der Waals surface area (Å²) in [6.45, 7) is 6.75. The second kappa shape index (κ2) is 7.70. The number of aromatic nitrogens is 3. The van der Waals surface area contributed by atoms with E-state index < -0.39 is 0 Å². The molecular weight excluding hydrogens is 412 g/mol. The Labute approximate surface area is 183 Å². The summed E-state index contributed by atoms with van der Waals surface area (Å²) in [5.74, 6) is 1.30. The maximum Gasteiger partial charge on any atom is 0.263 e. The first-order chi connectivity index (χ1) is 15.0. The molecule has 0 saturated heterocycles. The van der Waals surface area contributed by atoms with Crippen molar-refractivity contribution < 1.29 is 14.3 Å². The molecule has 0 saturated carbocycles. The van der Waals surface area contributed by atoms with Crippen LogP contribution >= 0.6 is 11.3 Å². The van der Waals surface area contributed by atoms with E-state index in [1.165, 1.54) is 11.3 Å². The van der Waals surface area contributed by atoms with Gasteiger partial charge in [0, 0.05) is 35.9 Å². The minimum Gasteiger partial charge on any atom is -0.454 e. The molecule has 0 aliphatic carbocycles. The molecular formula is C23H22N4O3S. The molecule has 1 amide bonds. The zero-order valence-corrected chi connectivity index (χ0v) is 18.3. The Hall–Kier alpha value is -3.39. The van der Waals surface area contributed by atoms with Gasteiger partial charge in [-0.15, -0.1) is 11.3 Å². The molecule has 1 aliphatic rings. The molecule has 0 spiro atoms. The van der Waals surface area contributed by atoms with E-state index in [9.17, 15) is 4.79 Å². The van der Waals surface area contributed by atoms with Gasteiger partial charge in [-0.25, -0.2) is 9.97 Å². The van der Waals surface area contributed by atoms with Crippen LogP contribution in [0.4, 0.5) is 0 Å². The van der Waals surface area contributed by atoms with E-state index in [1.807, 2.05) is 37.3 Å². The fraction of sp³-hybridized carbons (Fsp3) is 0.261. The number of nitrogens with zero attached hydrogens (tertiary/aromatic N) is 3. The van der Waals surface area contributed by atoms with Crippen molar-refractivity contribution in [3.8, 4) is 22.1 Å². The lowest BCUT2D eigenvalue weighted by Crippen LogP contribution is -2.22. The van der Waals surface area contributed by atoms with E-state index in [1.54, 1.807) is 6.20 Å². The maximum atomic E-state index is 12.9. The van der Waals surface area contributed by atoms with Crippen LogP contribution in [0.2, 0.25) is 0 Å². The average molecular weight is 435 g/mol. The number of carbonyl (C=O) groups is 1. The molecule has 0 fully saturated rings. The van der Waals surface area contributed by atoms with Crippen molar-refractivity contribution in [3.05, 3.63) is 58.9 Å². The smallest absolute Gasteiger partial charge is 0.263 e.